The second kappa shape index (κ2) is 6.83. The van der Waals surface area contributed by atoms with E-state index in [-0.39, 0.29) is 0 Å². The molecule has 0 heterocycles. The summed E-state index contributed by atoms with van der Waals surface area (Å²) in [7, 11) is 0. The normalized spacial score (nSPS) is 10.9. The Morgan fingerprint density at radius 1 is 1.33 bits per heavy atom. The number of benzene rings is 1. The lowest BCUT2D eigenvalue weighted by Gasteiger charge is -2.19. The molecule has 1 aromatic carbocycles. The Kier molecular flexibility index (Phi) is 5.69. The van der Waals surface area contributed by atoms with Crippen LogP contribution in [0, 0.1) is 0 Å². The van der Waals surface area contributed by atoms with Crippen molar-refractivity contribution < 1.29 is 0 Å². The van der Waals surface area contributed by atoms with E-state index in [1.165, 1.54) is 5.56 Å². The molecule has 2 nitrogen and oxygen atoms in total. The summed E-state index contributed by atoms with van der Waals surface area (Å²) in [5, 5.41) is 0.814. The molecule has 0 radical (unpaired) electrons. The van der Waals surface area contributed by atoms with Gasteiger partial charge in [0.25, 0.3) is 0 Å². The molecule has 0 atom stereocenters. The van der Waals surface area contributed by atoms with Crippen LogP contribution < -0.4 is 5.73 Å². The molecule has 15 heavy (non-hydrogen) atoms. The molecule has 0 saturated heterocycles. The molecule has 0 unspecified atom stereocenters. The Labute approximate surface area is 97.0 Å². The zero-order valence-corrected chi connectivity index (χ0v) is 10.0. The number of hydrogen-bond acceptors (Lipinski definition) is 2. The molecule has 1 rings (SSSR count). The third-order valence-electron chi connectivity index (χ3n) is 2.50. The predicted octanol–water partition coefficient (Wildman–Crippen LogP) is 2.16. The number of nitrogens with zero attached hydrogens (tertiary/aromatic N) is 1. The molecule has 2 N–H and O–H groups in total. The van der Waals surface area contributed by atoms with Crippen molar-refractivity contribution in [3.8, 4) is 0 Å². The van der Waals surface area contributed by atoms with Crippen LogP contribution in [0.5, 0.6) is 0 Å². The fourth-order valence-electron chi connectivity index (χ4n) is 1.59. The first-order chi connectivity index (χ1) is 7.26. The van der Waals surface area contributed by atoms with Gasteiger partial charge >= 0.3 is 0 Å². The van der Waals surface area contributed by atoms with Crippen LogP contribution in [0.4, 0.5) is 0 Å². The number of hydrogen-bond donors (Lipinski definition) is 1. The molecule has 0 aliphatic heterocycles. The van der Waals surface area contributed by atoms with E-state index in [4.69, 9.17) is 17.3 Å². The van der Waals surface area contributed by atoms with E-state index in [0.717, 1.165) is 37.6 Å². The SMILES string of the molecule is CCN(CCN)CCc1cccc(Cl)c1. The molecular formula is C12H19ClN2. The van der Waals surface area contributed by atoms with Gasteiger partial charge in [0.05, 0.1) is 0 Å². The number of nitrogens with two attached hydrogens (primary N) is 1. The van der Waals surface area contributed by atoms with Gasteiger partial charge in [0.2, 0.25) is 0 Å². The summed E-state index contributed by atoms with van der Waals surface area (Å²) in [6, 6.07) is 8.04. The van der Waals surface area contributed by atoms with Crippen molar-refractivity contribution in [3.63, 3.8) is 0 Å². The first-order valence-corrected chi connectivity index (χ1v) is 5.81. The largest absolute Gasteiger partial charge is 0.329 e. The Morgan fingerprint density at radius 3 is 2.73 bits per heavy atom. The topological polar surface area (TPSA) is 29.3 Å². The standard InChI is InChI=1S/C12H19ClN2/c1-2-15(9-7-14)8-6-11-4-3-5-12(13)10-11/h3-5,10H,2,6-9,14H2,1H3. The summed E-state index contributed by atoms with van der Waals surface area (Å²) < 4.78 is 0. The number of halogens is 1. The molecule has 0 spiro atoms. The lowest BCUT2D eigenvalue weighted by molar-refractivity contribution is 0.300. The molecule has 0 aliphatic carbocycles. The maximum absolute atomic E-state index is 5.92. The summed E-state index contributed by atoms with van der Waals surface area (Å²) in [5.74, 6) is 0. The van der Waals surface area contributed by atoms with Crippen LogP contribution in [0.1, 0.15) is 12.5 Å². The fourth-order valence-corrected chi connectivity index (χ4v) is 1.80. The van der Waals surface area contributed by atoms with Crippen molar-refractivity contribution >= 4 is 11.6 Å². The van der Waals surface area contributed by atoms with Crippen LogP contribution >= 0.6 is 11.6 Å². The highest BCUT2D eigenvalue weighted by molar-refractivity contribution is 6.30. The van der Waals surface area contributed by atoms with Crippen molar-refractivity contribution in [1.82, 2.24) is 4.90 Å². The molecule has 0 amide bonds. The van der Waals surface area contributed by atoms with E-state index in [0.29, 0.717) is 0 Å². The summed E-state index contributed by atoms with van der Waals surface area (Å²) in [6.45, 7) is 5.96. The average Bonchev–Trinajstić information content (AvgIpc) is 2.24. The van der Waals surface area contributed by atoms with Gasteiger partial charge in [0.1, 0.15) is 0 Å². The molecule has 3 heteroatoms. The predicted molar refractivity (Wildman–Crippen MR) is 66.3 cm³/mol. The molecule has 0 bridgehead atoms. The zero-order valence-electron chi connectivity index (χ0n) is 9.25. The Balaban J connectivity index is 2.41. The second-order valence-electron chi connectivity index (χ2n) is 3.60. The van der Waals surface area contributed by atoms with Crippen LogP contribution in [0.3, 0.4) is 0 Å². The van der Waals surface area contributed by atoms with Gasteiger partial charge in [0.15, 0.2) is 0 Å². The van der Waals surface area contributed by atoms with Gasteiger partial charge in [-0.3, -0.25) is 0 Å². The van der Waals surface area contributed by atoms with E-state index in [2.05, 4.69) is 17.9 Å². The fraction of sp³-hybridized carbons (Fsp3) is 0.500. The van der Waals surface area contributed by atoms with Gasteiger partial charge < -0.3 is 10.6 Å². The van der Waals surface area contributed by atoms with Crippen LogP contribution in [-0.4, -0.2) is 31.1 Å². The minimum atomic E-state index is 0.726. The van der Waals surface area contributed by atoms with Crippen LogP contribution in [0.2, 0.25) is 5.02 Å². The van der Waals surface area contributed by atoms with E-state index in [1.807, 2.05) is 18.2 Å². The van der Waals surface area contributed by atoms with Crippen molar-refractivity contribution in [2.24, 2.45) is 5.73 Å². The quantitative estimate of drug-likeness (QED) is 0.806. The first-order valence-electron chi connectivity index (χ1n) is 5.43. The third-order valence-corrected chi connectivity index (χ3v) is 2.73. The summed E-state index contributed by atoms with van der Waals surface area (Å²) >= 11 is 5.92. The lowest BCUT2D eigenvalue weighted by Crippen LogP contribution is -2.31. The smallest absolute Gasteiger partial charge is 0.0408 e. The van der Waals surface area contributed by atoms with Gasteiger partial charge in [-0.05, 0) is 30.7 Å². The Morgan fingerprint density at radius 2 is 2.13 bits per heavy atom. The molecule has 1 aromatic rings. The minimum Gasteiger partial charge on any atom is -0.329 e. The van der Waals surface area contributed by atoms with E-state index < -0.39 is 0 Å². The maximum Gasteiger partial charge on any atom is 0.0408 e. The summed E-state index contributed by atoms with van der Waals surface area (Å²) in [5.41, 5.74) is 6.83. The molecule has 0 aliphatic rings. The van der Waals surface area contributed by atoms with Crippen LogP contribution in [-0.2, 0) is 6.42 Å². The average molecular weight is 227 g/mol. The molecule has 0 fully saturated rings. The van der Waals surface area contributed by atoms with E-state index >= 15 is 0 Å². The van der Waals surface area contributed by atoms with E-state index in [1.54, 1.807) is 0 Å². The molecule has 84 valence electrons. The maximum atomic E-state index is 5.92. The third kappa shape index (κ3) is 4.65. The summed E-state index contributed by atoms with van der Waals surface area (Å²) in [4.78, 5) is 2.35. The summed E-state index contributed by atoms with van der Waals surface area (Å²) in [6.07, 6.45) is 1.04. The van der Waals surface area contributed by atoms with Crippen molar-refractivity contribution in [1.29, 1.82) is 0 Å². The Hall–Kier alpha value is -0.570. The molecular weight excluding hydrogens is 208 g/mol. The number of rotatable bonds is 6. The number of likely N-dealkylation sites (N-methyl/N-ethyl adjacent to an activating group) is 1. The Bertz CT molecular complexity index is 289. The van der Waals surface area contributed by atoms with Gasteiger partial charge in [-0.1, -0.05) is 30.7 Å². The monoisotopic (exact) mass is 226 g/mol. The lowest BCUT2D eigenvalue weighted by atomic mass is 10.1. The van der Waals surface area contributed by atoms with Gasteiger partial charge in [0, 0.05) is 24.7 Å². The zero-order chi connectivity index (χ0) is 11.1. The second-order valence-corrected chi connectivity index (χ2v) is 4.04. The van der Waals surface area contributed by atoms with Crippen molar-refractivity contribution in [3.05, 3.63) is 34.9 Å². The molecule has 0 saturated carbocycles. The van der Waals surface area contributed by atoms with Gasteiger partial charge in [-0.15, -0.1) is 0 Å². The van der Waals surface area contributed by atoms with Crippen LogP contribution in [0.15, 0.2) is 24.3 Å². The van der Waals surface area contributed by atoms with Gasteiger partial charge in [-0.2, -0.15) is 0 Å². The highest BCUT2D eigenvalue weighted by atomic mass is 35.5. The highest BCUT2D eigenvalue weighted by Crippen LogP contribution is 2.11. The first kappa shape index (κ1) is 12.5. The minimum absolute atomic E-state index is 0.726. The van der Waals surface area contributed by atoms with Crippen molar-refractivity contribution in [2.45, 2.75) is 13.3 Å². The van der Waals surface area contributed by atoms with E-state index in [9.17, 15) is 0 Å². The van der Waals surface area contributed by atoms with Gasteiger partial charge in [-0.25, -0.2) is 0 Å². The highest BCUT2D eigenvalue weighted by Gasteiger charge is 2.01. The van der Waals surface area contributed by atoms with Crippen LogP contribution in [0.25, 0.3) is 0 Å². The van der Waals surface area contributed by atoms with Crippen molar-refractivity contribution in [2.75, 3.05) is 26.2 Å². The molecule has 0 aromatic heterocycles.